The van der Waals surface area contributed by atoms with Gasteiger partial charge in [0.15, 0.2) is 0 Å². The highest BCUT2D eigenvalue weighted by atomic mass is 35.5. The molecule has 3 aromatic rings. The summed E-state index contributed by atoms with van der Waals surface area (Å²) in [5.74, 6) is -2.19. The van der Waals surface area contributed by atoms with Gasteiger partial charge in [-0.25, -0.2) is 10.2 Å². The summed E-state index contributed by atoms with van der Waals surface area (Å²) in [4.78, 5) is 36.2. The summed E-state index contributed by atoms with van der Waals surface area (Å²) >= 11 is 17.8. The lowest BCUT2D eigenvalue weighted by atomic mass is 10.2. The number of hydrogen-bond donors (Lipinski definition) is 2. The molecule has 0 spiro atoms. The molecule has 0 saturated heterocycles. The number of amides is 2. The van der Waals surface area contributed by atoms with Crippen LogP contribution < -0.4 is 15.5 Å². The summed E-state index contributed by atoms with van der Waals surface area (Å²) in [6, 6.07) is 15.7. The van der Waals surface area contributed by atoms with Gasteiger partial charge in [-0.3, -0.25) is 9.59 Å². The molecular formula is C23H16Cl3N3O4. The Morgan fingerprint density at radius 1 is 0.909 bits per heavy atom. The van der Waals surface area contributed by atoms with Crippen LogP contribution in [0.3, 0.4) is 0 Å². The molecule has 0 aromatic heterocycles. The van der Waals surface area contributed by atoms with E-state index in [-0.39, 0.29) is 16.3 Å². The maximum atomic E-state index is 12.2. The van der Waals surface area contributed by atoms with Crippen LogP contribution in [-0.4, -0.2) is 24.0 Å². The zero-order valence-corrected chi connectivity index (χ0v) is 19.3. The molecule has 0 aliphatic rings. The molecule has 0 unspecified atom stereocenters. The molecule has 0 bridgehead atoms. The number of carbonyl (C=O) groups excluding carboxylic acids is 3. The molecule has 3 rings (SSSR count). The summed E-state index contributed by atoms with van der Waals surface area (Å²) in [5, 5.41) is 7.28. The molecule has 0 saturated carbocycles. The molecule has 3 aromatic carbocycles. The van der Waals surface area contributed by atoms with Gasteiger partial charge in [-0.05, 0) is 72.6 Å². The molecule has 2 amide bonds. The van der Waals surface area contributed by atoms with E-state index in [4.69, 9.17) is 39.5 Å². The largest absolute Gasteiger partial charge is 0.423 e. The van der Waals surface area contributed by atoms with E-state index in [0.717, 1.165) is 0 Å². The van der Waals surface area contributed by atoms with Crippen LogP contribution in [0.4, 0.5) is 5.69 Å². The molecule has 0 heterocycles. The van der Waals surface area contributed by atoms with Crippen LogP contribution in [0.15, 0.2) is 65.8 Å². The van der Waals surface area contributed by atoms with Gasteiger partial charge in [0.25, 0.3) is 0 Å². The number of esters is 1. The van der Waals surface area contributed by atoms with Gasteiger partial charge in [0.05, 0.1) is 16.8 Å². The van der Waals surface area contributed by atoms with Crippen molar-refractivity contribution in [1.82, 2.24) is 5.43 Å². The van der Waals surface area contributed by atoms with E-state index in [1.54, 1.807) is 49.4 Å². The first-order chi connectivity index (χ1) is 15.7. The maximum Gasteiger partial charge on any atom is 0.345 e. The third-order valence-corrected chi connectivity index (χ3v) is 5.30. The van der Waals surface area contributed by atoms with Crippen molar-refractivity contribution in [3.63, 3.8) is 0 Å². The van der Waals surface area contributed by atoms with E-state index in [0.29, 0.717) is 26.9 Å². The smallest absolute Gasteiger partial charge is 0.345 e. The van der Waals surface area contributed by atoms with E-state index in [1.807, 2.05) is 0 Å². The monoisotopic (exact) mass is 503 g/mol. The first-order valence-corrected chi connectivity index (χ1v) is 10.5. The zero-order chi connectivity index (χ0) is 24.0. The molecule has 0 fully saturated rings. The number of hydrazone groups is 1. The molecule has 2 N–H and O–H groups in total. The van der Waals surface area contributed by atoms with Crippen LogP contribution in [0.5, 0.6) is 5.75 Å². The van der Waals surface area contributed by atoms with E-state index in [1.165, 1.54) is 24.4 Å². The molecule has 0 atom stereocenters. The highest BCUT2D eigenvalue weighted by Gasteiger charge is 2.15. The molecule has 0 aliphatic carbocycles. The third kappa shape index (κ3) is 6.55. The lowest BCUT2D eigenvalue weighted by molar-refractivity contribution is -0.136. The van der Waals surface area contributed by atoms with Crippen LogP contribution >= 0.6 is 34.8 Å². The molecule has 33 heavy (non-hydrogen) atoms. The summed E-state index contributed by atoms with van der Waals surface area (Å²) in [5.41, 5.74) is 3.98. The Hall–Kier alpha value is -3.39. The van der Waals surface area contributed by atoms with E-state index < -0.39 is 17.8 Å². The summed E-state index contributed by atoms with van der Waals surface area (Å²) in [7, 11) is 0. The Labute approximate surface area is 204 Å². The Morgan fingerprint density at radius 3 is 2.33 bits per heavy atom. The van der Waals surface area contributed by atoms with Gasteiger partial charge in [0.2, 0.25) is 0 Å². The van der Waals surface area contributed by atoms with Crippen molar-refractivity contribution in [2.24, 2.45) is 5.10 Å². The quantitative estimate of drug-likeness (QED) is 0.163. The van der Waals surface area contributed by atoms with Crippen molar-refractivity contribution < 1.29 is 19.1 Å². The second-order valence-electron chi connectivity index (χ2n) is 6.65. The van der Waals surface area contributed by atoms with Gasteiger partial charge < -0.3 is 10.1 Å². The number of nitrogens with zero attached hydrogens (tertiary/aromatic N) is 1. The highest BCUT2D eigenvalue weighted by molar-refractivity contribution is 6.40. The van der Waals surface area contributed by atoms with Crippen molar-refractivity contribution in [1.29, 1.82) is 0 Å². The van der Waals surface area contributed by atoms with Crippen LogP contribution in [0, 0.1) is 6.92 Å². The first kappa shape index (κ1) is 24.3. The second kappa shape index (κ2) is 11.0. The standard InChI is InChI=1S/C23H16Cl3N3O4/c1-13-18(25)3-2-4-20(13)28-21(30)22(31)29-27-12-14-5-8-16(9-6-14)33-23(32)17-10-7-15(24)11-19(17)26/h2-12H,1H3,(H,28,30)(H,29,31)/b27-12-. The van der Waals surface area contributed by atoms with E-state index in [9.17, 15) is 14.4 Å². The normalized spacial score (nSPS) is 10.7. The Morgan fingerprint density at radius 2 is 1.64 bits per heavy atom. The maximum absolute atomic E-state index is 12.2. The molecule has 7 nitrogen and oxygen atoms in total. The van der Waals surface area contributed by atoms with Crippen LogP contribution in [-0.2, 0) is 9.59 Å². The number of benzene rings is 3. The van der Waals surface area contributed by atoms with Crippen molar-refractivity contribution >= 4 is 64.5 Å². The number of rotatable bonds is 5. The Bertz CT molecular complexity index is 1240. The van der Waals surface area contributed by atoms with Gasteiger partial charge in [-0.2, -0.15) is 5.10 Å². The van der Waals surface area contributed by atoms with E-state index in [2.05, 4.69) is 15.8 Å². The average Bonchev–Trinajstić information content (AvgIpc) is 2.77. The molecule has 168 valence electrons. The lowest BCUT2D eigenvalue weighted by Gasteiger charge is -2.08. The minimum Gasteiger partial charge on any atom is -0.423 e. The predicted molar refractivity (Wildman–Crippen MR) is 128 cm³/mol. The second-order valence-corrected chi connectivity index (χ2v) is 7.90. The number of halogens is 3. The van der Waals surface area contributed by atoms with E-state index >= 15 is 0 Å². The third-order valence-electron chi connectivity index (χ3n) is 4.34. The average molecular weight is 505 g/mol. The van der Waals surface area contributed by atoms with Gasteiger partial charge in [0.1, 0.15) is 5.75 Å². The predicted octanol–water partition coefficient (Wildman–Crippen LogP) is 5.26. The molecule has 0 radical (unpaired) electrons. The number of carbonyl (C=O) groups is 3. The van der Waals surface area contributed by atoms with Crippen molar-refractivity contribution in [2.75, 3.05) is 5.32 Å². The van der Waals surface area contributed by atoms with Crippen LogP contribution in [0.2, 0.25) is 15.1 Å². The fourth-order valence-corrected chi connectivity index (χ4v) is 3.24. The van der Waals surface area contributed by atoms with Crippen molar-refractivity contribution in [3.8, 4) is 5.75 Å². The Balaban J connectivity index is 1.54. The number of nitrogens with one attached hydrogen (secondary N) is 2. The topological polar surface area (TPSA) is 96.9 Å². The summed E-state index contributed by atoms with van der Waals surface area (Å²) in [6.45, 7) is 1.72. The van der Waals surface area contributed by atoms with Crippen molar-refractivity contribution in [3.05, 3.63) is 92.4 Å². The highest BCUT2D eigenvalue weighted by Crippen LogP contribution is 2.24. The minimum absolute atomic E-state index is 0.181. The fraction of sp³-hybridized carbons (Fsp3) is 0.0435. The summed E-state index contributed by atoms with van der Waals surface area (Å²) in [6.07, 6.45) is 1.33. The molecule has 0 aliphatic heterocycles. The van der Waals surface area contributed by atoms with Gasteiger partial charge >= 0.3 is 17.8 Å². The first-order valence-electron chi connectivity index (χ1n) is 9.41. The van der Waals surface area contributed by atoms with Gasteiger partial charge in [0, 0.05) is 15.7 Å². The summed E-state index contributed by atoms with van der Waals surface area (Å²) < 4.78 is 5.28. The van der Waals surface area contributed by atoms with Gasteiger partial charge in [-0.15, -0.1) is 0 Å². The van der Waals surface area contributed by atoms with Crippen molar-refractivity contribution in [2.45, 2.75) is 6.92 Å². The molecule has 10 heteroatoms. The Kier molecular flexibility index (Phi) is 8.06. The number of hydrogen-bond acceptors (Lipinski definition) is 5. The SMILES string of the molecule is Cc1c(Cl)cccc1NC(=O)C(=O)N/N=C\c1ccc(OC(=O)c2ccc(Cl)cc2Cl)cc1. The minimum atomic E-state index is -0.948. The van der Waals surface area contributed by atoms with Crippen LogP contribution in [0.25, 0.3) is 0 Å². The fourth-order valence-electron chi connectivity index (χ4n) is 2.58. The van der Waals surface area contributed by atoms with Crippen LogP contribution in [0.1, 0.15) is 21.5 Å². The lowest BCUT2D eigenvalue weighted by Crippen LogP contribution is -2.32. The molecular weight excluding hydrogens is 489 g/mol. The zero-order valence-electron chi connectivity index (χ0n) is 17.1. The number of ether oxygens (including phenoxy) is 1. The van der Waals surface area contributed by atoms with Gasteiger partial charge in [-0.1, -0.05) is 40.9 Å². The number of anilines is 1.